The standard InChI is InChI=1S/C5H4BrNO.C5H4BrN.C2H6.CH4/c6-5-1-3-7(8)4-2-5;6-5-1-3-7-4-2-5;1-2;/h1-4H;1-4H;1-2H3;1H4/i;;1D;. The van der Waals surface area contributed by atoms with Crippen LogP contribution in [0.2, 0.25) is 0 Å². The third-order valence-electron chi connectivity index (χ3n) is 1.40. The summed E-state index contributed by atoms with van der Waals surface area (Å²) in [5, 5.41) is 10.3. The van der Waals surface area contributed by atoms with Crippen molar-refractivity contribution in [3.05, 3.63) is 63.2 Å². The van der Waals surface area contributed by atoms with Crippen LogP contribution in [-0.4, -0.2) is 4.98 Å². The molecule has 2 aromatic heterocycles. The molecule has 0 radical (unpaired) electrons. The Morgan fingerprint density at radius 1 is 1.11 bits per heavy atom. The highest BCUT2D eigenvalue weighted by atomic mass is 79.9. The topological polar surface area (TPSA) is 39.8 Å². The maximum Gasteiger partial charge on any atom is 0.181 e. The Morgan fingerprint density at radius 2 is 1.50 bits per heavy atom. The van der Waals surface area contributed by atoms with E-state index >= 15 is 0 Å². The lowest BCUT2D eigenvalue weighted by molar-refractivity contribution is -0.605. The van der Waals surface area contributed by atoms with Crippen LogP contribution in [0.1, 0.15) is 22.6 Å². The first-order valence-corrected chi connectivity index (χ1v) is 6.37. The van der Waals surface area contributed by atoms with Crippen molar-refractivity contribution in [3.8, 4) is 0 Å². The average molecular weight is 379 g/mol. The molecular weight excluding hydrogens is 360 g/mol. The van der Waals surface area contributed by atoms with E-state index in [1.54, 1.807) is 31.5 Å². The van der Waals surface area contributed by atoms with E-state index in [9.17, 15) is 5.21 Å². The first-order valence-electron chi connectivity index (χ1n) is 5.50. The van der Waals surface area contributed by atoms with Gasteiger partial charge in [-0.1, -0.05) is 53.1 Å². The van der Waals surface area contributed by atoms with Crippen molar-refractivity contribution >= 4 is 31.9 Å². The molecule has 0 atom stereocenters. The predicted molar refractivity (Wildman–Crippen MR) is 83.1 cm³/mol. The van der Waals surface area contributed by atoms with E-state index in [4.69, 9.17) is 1.37 Å². The summed E-state index contributed by atoms with van der Waals surface area (Å²) < 4.78 is 8.94. The SMILES string of the molecule is Brc1ccncc1.C.[2H]CC.[O-][n+]1ccc(Br)cc1. The molecule has 0 bridgehead atoms. The molecule has 0 spiro atoms. The smallest absolute Gasteiger partial charge is 0.181 e. The minimum Gasteiger partial charge on any atom is -0.619 e. The van der Waals surface area contributed by atoms with Gasteiger partial charge in [-0.25, -0.2) is 0 Å². The van der Waals surface area contributed by atoms with Gasteiger partial charge in [0.15, 0.2) is 12.4 Å². The van der Waals surface area contributed by atoms with Gasteiger partial charge in [-0.05, 0) is 12.1 Å². The predicted octanol–water partition coefficient (Wildman–Crippen LogP) is 4.59. The van der Waals surface area contributed by atoms with Gasteiger partial charge < -0.3 is 5.21 Å². The number of nitrogens with zero attached hydrogens (tertiary/aromatic N) is 2. The molecule has 0 aliphatic carbocycles. The van der Waals surface area contributed by atoms with Gasteiger partial charge in [0.1, 0.15) is 0 Å². The van der Waals surface area contributed by atoms with Crippen molar-refractivity contribution in [3.63, 3.8) is 0 Å². The van der Waals surface area contributed by atoms with E-state index in [0.29, 0.717) is 6.90 Å². The summed E-state index contributed by atoms with van der Waals surface area (Å²) in [6.07, 6.45) is 6.35. The van der Waals surface area contributed by atoms with Crippen molar-refractivity contribution < 1.29 is 6.10 Å². The quantitative estimate of drug-likeness (QED) is 0.496. The highest BCUT2D eigenvalue weighted by Gasteiger charge is 1.85. The van der Waals surface area contributed by atoms with Crippen LogP contribution in [0, 0.1) is 5.21 Å². The highest BCUT2D eigenvalue weighted by molar-refractivity contribution is 9.10. The number of hydrogen-bond donors (Lipinski definition) is 0. The van der Waals surface area contributed by atoms with Crippen LogP contribution in [0.4, 0.5) is 0 Å². The van der Waals surface area contributed by atoms with Crippen LogP contribution in [0.5, 0.6) is 0 Å². The molecule has 2 aromatic rings. The lowest BCUT2D eigenvalue weighted by Crippen LogP contribution is -2.23. The van der Waals surface area contributed by atoms with Crippen LogP contribution in [0.15, 0.2) is 58.0 Å². The Labute approximate surface area is 127 Å². The molecule has 5 heteroatoms. The summed E-state index contributed by atoms with van der Waals surface area (Å²) in [7, 11) is 0. The molecule has 3 nitrogen and oxygen atoms in total. The molecule has 0 aliphatic rings. The first kappa shape index (κ1) is 17.1. The Hall–Kier alpha value is -0.940. The fraction of sp³-hybridized carbons (Fsp3) is 0.231. The second-order valence-corrected chi connectivity index (χ2v) is 4.37. The van der Waals surface area contributed by atoms with E-state index in [2.05, 4.69) is 36.8 Å². The Bertz CT molecular complexity index is 392. The van der Waals surface area contributed by atoms with E-state index in [-0.39, 0.29) is 7.43 Å². The van der Waals surface area contributed by atoms with Gasteiger partial charge in [0.2, 0.25) is 0 Å². The summed E-state index contributed by atoms with van der Waals surface area (Å²) in [5.41, 5.74) is 0. The van der Waals surface area contributed by atoms with Crippen molar-refractivity contribution in [2.24, 2.45) is 0 Å². The zero-order chi connectivity index (χ0) is 13.8. The Morgan fingerprint density at radius 3 is 1.78 bits per heavy atom. The molecule has 0 unspecified atom stereocenters. The van der Waals surface area contributed by atoms with Gasteiger partial charge in [-0.15, -0.1) is 0 Å². The number of pyridine rings is 2. The first-order chi connectivity index (χ1) is 8.60. The Kier molecular flexibility index (Phi) is 11.9. The Balaban J connectivity index is 0. The second-order valence-electron chi connectivity index (χ2n) is 2.54. The molecular formula is C13H18Br2N2O. The zero-order valence-corrected chi connectivity index (χ0v) is 12.6. The van der Waals surface area contributed by atoms with Crippen LogP contribution in [0.3, 0.4) is 0 Å². The summed E-state index contributed by atoms with van der Waals surface area (Å²) in [5.74, 6) is 0. The van der Waals surface area contributed by atoms with Crippen molar-refractivity contribution in [1.29, 1.82) is 0 Å². The van der Waals surface area contributed by atoms with Crippen molar-refractivity contribution in [2.45, 2.75) is 21.3 Å². The minimum absolute atomic E-state index is 0. The summed E-state index contributed by atoms with van der Waals surface area (Å²) in [6, 6.07) is 7.15. The molecule has 0 N–H and O–H groups in total. The molecule has 100 valence electrons. The largest absolute Gasteiger partial charge is 0.619 e. The van der Waals surface area contributed by atoms with E-state index < -0.39 is 0 Å². The van der Waals surface area contributed by atoms with Crippen LogP contribution >= 0.6 is 31.9 Å². The maximum atomic E-state index is 10.3. The van der Waals surface area contributed by atoms with E-state index in [1.165, 1.54) is 12.4 Å². The molecule has 0 saturated carbocycles. The third kappa shape index (κ3) is 10.2. The van der Waals surface area contributed by atoms with Gasteiger partial charge in [0, 0.05) is 34.8 Å². The van der Waals surface area contributed by atoms with Crippen LogP contribution in [0.25, 0.3) is 0 Å². The molecule has 0 amide bonds. The van der Waals surface area contributed by atoms with E-state index in [1.807, 2.05) is 12.1 Å². The fourth-order valence-electron chi connectivity index (χ4n) is 0.728. The van der Waals surface area contributed by atoms with Gasteiger partial charge in [0.05, 0.1) is 0 Å². The molecule has 0 fully saturated rings. The van der Waals surface area contributed by atoms with Crippen LogP contribution < -0.4 is 4.73 Å². The molecule has 0 aromatic carbocycles. The van der Waals surface area contributed by atoms with Crippen molar-refractivity contribution in [2.75, 3.05) is 0 Å². The number of aromatic nitrogens is 2. The second kappa shape index (κ2) is 12.5. The monoisotopic (exact) mass is 377 g/mol. The molecule has 2 rings (SSSR count). The lowest BCUT2D eigenvalue weighted by atomic mass is 10.5. The van der Waals surface area contributed by atoms with E-state index in [0.717, 1.165) is 13.7 Å². The van der Waals surface area contributed by atoms with Crippen molar-refractivity contribution in [1.82, 2.24) is 4.98 Å². The fourth-order valence-corrected chi connectivity index (χ4v) is 1.20. The molecule has 2 heterocycles. The molecule has 0 aliphatic heterocycles. The number of hydrogen-bond acceptors (Lipinski definition) is 2. The van der Waals surface area contributed by atoms with Gasteiger partial charge in [-0.2, -0.15) is 4.73 Å². The zero-order valence-electron chi connectivity index (χ0n) is 10.4. The van der Waals surface area contributed by atoms with Gasteiger partial charge in [0.25, 0.3) is 0 Å². The number of rotatable bonds is 0. The third-order valence-corrected chi connectivity index (χ3v) is 2.46. The maximum absolute atomic E-state index is 10.3. The summed E-state index contributed by atoms with van der Waals surface area (Å²) in [6.45, 7) is 2.29. The minimum atomic E-state index is 0. The normalized spacial score (nSPS) is 8.50. The molecule has 0 saturated heterocycles. The number of halogens is 2. The van der Waals surface area contributed by atoms with Gasteiger partial charge in [-0.3, -0.25) is 4.98 Å². The van der Waals surface area contributed by atoms with Crippen LogP contribution in [-0.2, 0) is 0 Å². The average Bonchev–Trinajstić information content (AvgIpc) is 2.36. The molecule has 18 heavy (non-hydrogen) atoms. The summed E-state index contributed by atoms with van der Waals surface area (Å²) >= 11 is 6.46. The highest BCUT2D eigenvalue weighted by Crippen LogP contribution is 2.03. The summed E-state index contributed by atoms with van der Waals surface area (Å²) in [4.78, 5) is 3.82. The van der Waals surface area contributed by atoms with Gasteiger partial charge >= 0.3 is 0 Å². The lowest BCUT2D eigenvalue weighted by Gasteiger charge is -1.91.